The lowest BCUT2D eigenvalue weighted by Crippen LogP contribution is -2.48. The number of nitrogens with zero attached hydrogens (tertiary/aromatic N) is 2. The quantitative estimate of drug-likeness (QED) is 0.802. The third kappa shape index (κ3) is 3.24. The molecular formula is C12H18N4O3S2. The Morgan fingerprint density at radius 1 is 1.52 bits per heavy atom. The number of sulfone groups is 1. The van der Waals surface area contributed by atoms with Crippen molar-refractivity contribution in [3.05, 3.63) is 17.8 Å². The van der Waals surface area contributed by atoms with Crippen LogP contribution in [0.25, 0.3) is 0 Å². The molecular weight excluding hydrogens is 312 g/mol. The van der Waals surface area contributed by atoms with Gasteiger partial charge < -0.3 is 16.4 Å². The van der Waals surface area contributed by atoms with E-state index < -0.39 is 21.1 Å². The van der Waals surface area contributed by atoms with E-state index in [0.29, 0.717) is 23.8 Å². The number of hydrogen-bond acceptors (Lipinski definition) is 7. The number of amides is 1. The summed E-state index contributed by atoms with van der Waals surface area (Å²) >= 11 is 1.58. The van der Waals surface area contributed by atoms with Crippen molar-refractivity contribution in [3.63, 3.8) is 0 Å². The monoisotopic (exact) mass is 330 g/mol. The molecule has 1 fully saturated rings. The summed E-state index contributed by atoms with van der Waals surface area (Å²) in [6.45, 7) is 2.12. The maximum absolute atomic E-state index is 12.3. The first kappa shape index (κ1) is 15.9. The van der Waals surface area contributed by atoms with Crippen LogP contribution in [-0.4, -0.2) is 48.5 Å². The van der Waals surface area contributed by atoms with Crippen molar-refractivity contribution in [2.24, 2.45) is 5.73 Å². The average Bonchev–Trinajstić information content (AvgIpc) is 2.47. The Morgan fingerprint density at radius 2 is 2.24 bits per heavy atom. The zero-order valence-corrected chi connectivity index (χ0v) is 13.3. The molecule has 0 aliphatic carbocycles. The second-order valence-corrected chi connectivity index (χ2v) is 8.25. The minimum atomic E-state index is -3.28. The van der Waals surface area contributed by atoms with Crippen molar-refractivity contribution in [1.82, 2.24) is 4.98 Å². The molecule has 1 aliphatic rings. The number of primary amides is 1. The Kier molecular flexibility index (Phi) is 4.62. The van der Waals surface area contributed by atoms with Gasteiger partial charge in [0.1, 0.15) is 11.1 Å². The Hall–Kier alpha value is -1.48. The van der Waals surface area contributed by atoms with Crippen molar-refractivity contribution in [1.29, 1.82) is 0 Å². The van der Waals surface area contributed by atoms with Gasteiger partial charge in [-0.1, -0.05) is 6.92 Å². The molecule has 9 heteroatoms. The molecule has 1 amide bonds. The number of hydrogen-bond donors (Lipinski definition) is 2. The fraction of sp³-hybridized carbons (Fsp3) is 0.500. The Labute approximate surface area is 128 Å². The SMILES string of the molecule is CCS(=O)(=O)C1CSCCN1c1nc(C(N)=O)ccc1N. The lowest BCUT2D eigenvalue weighted by Gasteiger charge is -2.36. The normalized spacial score (nSPS) is 19.5. The van der Waals surface area contributed by atoms with Crippen LogP contribution in [0.5, 0.6) is 0 Å². The van der Waals surface area contributed by atoms with E-state index in [1.807, 2.05) is 0 Å². The molecule has 1 unspecified atom stereocenters. The first-order valence-corrected chi connectivity index (χ1v) is 9.36. The van der Waals surface area contributed by atoms with Crippen molar-refractivity contribution >= 4 is 39.0 Å². The van der Waals surface area contributed by atoms with Gasteiger partial charge >= 0.3 is 0 Å². The largest absolute Gasteiger partial charge is 0.396 e. The highest BCUT2D eigenvalue weighted by atomic mass is 32.2. The number of thioether (sulfide) groups is 1. The third-order valence-corrected chi connectivity index (χ3v) is 6.62. The van der Waals surface area contributed by atoms with E-state index in [1.54, 1.807) is 23.6 Å². The third-order valence-electron chi connectivity index (χ3n) is 3.33. The van der Waals surface area contributed by atoms with Gasteiger partial charge in [0, 0.05) is 23.8 Å². The summed E-state index contributed by atoms with van der Waals surface area (Å²) in [5, 5.41) is -0.681. The number of nitrogen functional groups attached to an aromatic ring is 1. The first-order chi connectivity index (χ1) is 9.86. The molecule has 1 aromatic heterocycles. The molecule has 2 rings (SSSR count). The number of pyridine rings is 1. The van der Waals surface area contributed by atoms with E-state index >= 15 is 0 Å². The van der Waals surface area contributed by atoms with Crippen LogP contribution in [0.15, 0.2) is 12.1 Å². The molecule has 21 heavy (non-hydrogen) atoms. The van der Waals surface area contributed by atoms with Crippen LogP contribution < -0.4 is 16.4 Å². The van der Waals surface area contributed by atoms with Gasteiger partial charge in [0.2, 0.25) is 0 Å². The van der Waals surface area contributed by atoms with Crippen LogP contribution in [0.4, 0.5) is 11.5 Å². The first-order valence-electron chi connectivity index (χ1n) is 6.49. The average molecular weight is 330 g/mol. The number of nitrogens with two attached hydrogens (primary N) is 2. The Morgan fingerprint density at radius 3 is 2.86 bits per heavy atom. The predicted molar refractivity (Wildman–Crippen MR) is 85.1 cm³/mol. The maximum Gasteiger partial charge on any atom is 0.267 e. The van der Waals surface area contributed by atoms with E-state index in [2.05, 4.69) is 4.98 Å². The highest BCUT2D eigenvalue weighted by molar-refractivity contribution is 8.01. The Bertz CT molecular complexity index is 648. The molecule has 0 bridgehead atoms. The van der Waals surface area contributed by atoms with Gasteiger partial charge in [-0.15, -0.1) is 0 Å². The van der Waals surface area contributed by atoms with Gasteiger partial charge in [-0.05, 0) is 12.1 Å². The lowest BCUT2D eigenvalue weighted by atomic mass is 10.3. The van der Waals surface area contributed by atoms with E-state index in [0.717, 1.165) is 5.75 Å². The molecule has 0 aromatic carbocycles. The predicted octanol–water partition coefficient (Wildman–Crippen LogP) is 0.0767. The van der Waals surface area contributed by atoms with Gasteiger partial charge in [-0.25, -0.2) is 13.4 Å². The molecule has 1 atom stereocenters. The number of carbonyl (C=O) groups excluding carboxylic acids is 1. The molecule has 1 aliphatic heterocycles. The van der Waals surface area contributed by atoms with E-state index in [4.69, 9.17) is 11.5 Å². The van der Waals surface area contributed by atoms with Gasteiger partial charge in [0.15, 0.2) is 15.7 Å². The van der Waals surface area contributed by atoms with E-state index in [-0.39, 0.29) is 11.4 Å². The molecule has 0 radical (unpaired) electrons. The van der Waals surface area contributed by atoms with Crippen LogP contribution >= 0.6 is 11.8 Å². The minimum absolute atomic E-state index is 0.0458. The van der Waals surface area contributed by atoms with Crippen LogP contribution in [0.1, 0.15) is 17.4 Å². The highest BCUT2D eigenvalue weighted by Gasteiger charge is 2.34. The molecule has 7 nitrogen and oxygen atoms in total. The maximum atomic E-state index is 12.3. The molecule has 1 saturated heterocycles. The van der Waals surface area contributed by atoms with Crippen molar-refractivity contribution in [3.8, 4) is 0 Å². The second kappa shape index (κ2) is 6.10. The van der Waals surface area contributed by atoms with Crippen LogP contribution in [-0.2, 0) is 9.84 Å². The smallest absolute Gasteiger partial charge is 0.267 e. The van der Waals surface area contributed by atoms with Crippen LogP contribution in [0.2, 0.25) is 0 Å². The number of rotatable bonds is 4. The number of aromatic nitrogens is 1. The highest BCUT2D eigenvalue weighted by Crippen LogP contribution is 2.30. The summed E-state index contributed by atoms with van der Waals surface area (Å²) in [5.41, 5.74) is 11.5. The molecule has 116 valence electrons. The zero-order valence-electron chi connectivity index (χ0n) is 11.7. The van der Waals surface area contributed by atoms with Crippen molar-refractivity contribution in [2.75, 3.05) is 34.4 Å². The van der Waals surface area contributed by atoms with Gasteiger partial charge in [-0.2, -0.15) is 11.8 Å². The summed E-state index contributed by atoms with van der Waals surface area (Å²) in [5.74, 6) is 0.922. The summed E-state index contributed by atoms with van der Waals surface area (Å²) < 4.78 is 24.5. The minimum Gasteiger partial charge on any atom is -0.396 e. The summed E-state index contributed by atoms with van der Waals surface area (Å²) in [7, 11) is -3.28. The van der Waals surface area contributed by atoms with Crippen molar-refractivity contribution in [2.45, 2.75) is 12.3 Å². The molecule has 2 heterocycles. The standard InChI is InChI=1S/C12H18N4O3S2/c1-2-21(18,19)10-7-20-6-5-16(10)12-8(13)3-4-9(15-12)11(14)17/h3-4,10H,2,5-7,13H2,1H3,(H2,14,17). The van der Waals surface area contributed by atoms with Gasteiger partial charge in [0.05, 0.1) is 5.69 Å². The Balaban J connectivity index is 2.47. The fourth-order valence-corrected chi connectivity index (χ4v) is 5.11. The second-order valence-electron chi connectivity index (χ2n) is 4.65. The van der Waals surface area contributed by atoms with Crippen LogP contribution in [0.3, 0.4) is 0 Å². The summed E-state index contributed by atoms with van der Waals surface area (Å²) in [6, 6.07) is 2.96. The van der Waals surface area contributed by atoms with Crippen LogP contribution in [0, 0.1) is 0 Å². The van der Waals surface area contributed by atoms with Gasteiger partial charge in [-0.3, -0.25) is 4.79 Å². The lowest BCUT2D eigenvalue weighted by molar-refractivity contribution is 0.0995. The fourth-order valence-electron chi connectivity index (χ4n) is 2.14. The summed E-state index contributed by atoms with van der Waals surface area (Å²) in [6.07, 6.45) is 0. The number of carbonyl (C=O) groups is 1. The van der Waals surface area contributed by atoms with Gasteiger partial charge in [0.25, 0.3) is 5.91 Å². The summed E-state index contributed by atoms with van der Waals surface area (Å²) in [4.78, 5) is 17.1. The molecule has 4 N–H and O–H groups in total. The molecule has 0 spiro atoms. The molecule has 0 saturated carbocycles. The zero-order chi connectivity index (χ0) is 15.6. The van der Waals surface area contributed by atoms with E-state index in [9.17, 15) is 13.2 Å². The number of anilines is 2. The topological polar surface area (TPSA) is 119 Å². The molecule has 1 aromatic rings. The van der Waals surface area contributed by atoms with E-state index in [1.165, 1.54) is 12.1 Å². The van der Waals surface area contributed by atoms with Crippen molar-refractivity contribution < 1.29 is 13.2 Å².